The normalized spacial score (nSPS) is 18.9. The number of nitrogens with one attached hydrogen (secondary N) is 2. The number of carbonyl (C=O) groups is 1. The molecule has 184 valence electrons. The first-order valence-corrected chi connectivity index (χ1v) is 13.2. The van der Waals surface area contributed by atoms with Crippen molar-refractivity contribution in [3.63, 3.8) is 0 Å². The predicted octanol–water partition coefficient (Wildman–Crippen LogP) is 1.96. The van der Waals surface area contributed by atoms with Crippen LogP contribution in [0.2, 0.25) is 0 Å². The standard InChI is InChI=1S/C23H31N5O5S/c1-23(2)18-12-24-21(25-16-7-9-33-10-8-16)26-19(18)13-28(23)22(30)27-20(14-29)15-5-4-6-17(11-15)34(3,31)32/h4-6,11-12,16,20,29H,7-10,13-14H2,1-3H3,(H,27,30)(H,24,25,26). The lowest BCUT2D eigenvalue weighted by atomic mass is 9.97. The number of aromatic nitrogens is 2. The number of sulfone groups is 1. The summed E-state index contributed by atoms with van der Waals surface area (Å²) in [7, 11) is -3.41. The number of carbonyl (C=O) groups excluding carboxylic acids is 1. The highest BCUT2D eigenvalue weighted by atomic mass is 32.2. The van der Waals surface area contributed by atoms with Gasteiger partial charge >= 0.3 is 6.03 Å². The highest BCUT2D eigenvalue weighted by Crippen LogP contribution is 2.38. The van der Waals surface area contributed by atoms with Gasteiger partial charge in [0.2, 0.25) is 5.95 Å². The summed E-state index contributed by atoms with van der Waals surface area (Å²) >= 11 is 0. The monoisotopic (exact) mass is 489 g/mol. The Morgan fingerprint density at radius 2 is 2.06 bits per heavy atom. The van der Waals surface area contributed by atoms with Crippen molar-refractivity contribution >= 4 is 21.8 Å². The molecule has 2 aliphatic rings. The van der Waals surface area contributed by atoms with Crippen LogP contribution in [0.1, 0.15) is 49.6 Å². The summed E-state index contributed by atoms with van der Waals surface area (Å²) in [4.78, 5) is 24.2. The van der Waals surface area contributed by atoms with Gasteiger partial charge in [0, 0.05) is 37.3 Å². The molecule has 0 aliphatic carbocycles. The Kier molecular flexibility index (Phi) is 6.79. The fourth-order valence-electron chi connectivity index (χ4n) is 4.38. The van der Waals surface area contributed by atoms with E-state index in [9.17, 15) is 18.3 Å². The largest absolute Gasteiger partial charge is 0.394 e. The van der Waals surface area contributed by atoms with Gasteiger partial charge in [-0.15, -0.1) is 0 Å². The Balaban J connectivity index is 1.50. The van der Waals surface area contributed by atoms with E-state index in [0.29, 0.717) is 31.3 Å². The molecule has 1 saturated heterocycles. The summed E-state index contributed by atoms with van der Waals surface area (Å²) in [5.74, 6) is 0.537. The molecule has 0 spiro atoms. The third-order valence-electron chi connectivity index (χ3n) is 6.48. The molecule has 1 fully saturated rings. The second-order valence-corrected chi connectivity index (χ2v) is 11.3. The van der Waals surface area contributed by atoms with Crippen LogP contribution in [0.4, 0.5) is 10.7 Å². The van der Waals surface area contributed by atoms with Gasteiger partial charge in [0.15, 0.2) is 9.84 Å². The fraction of sp³-hybridized carbons (Fsp3) is 0.522. The number of hydrogen-bond acceptors (Lipinski definition) is 8. The van der Waals surface area contributed by atoms with Crippen molar-refractivity contribution in [2.45, 2.75) is 55.8 Å². The summed E-state index contributed by atoms with van der Waals surface area (Å²) in [6, 6.07) is 5.35. The van der Waals surface area contributed by atoms with Gasteiger partial charge in [-0.3, -0.25) is 0 Å². The number of benzene rings is 1. The van der Waals surface area contributed by atoms with Gasteiger partial charge in [0.1, 0.15) is 0 Å². The van der Waals surface area contributed by atoms with Crippen molar-refractivity contribution in [1.29, 1.82) is 0 Å². The average Bonchev–Trinajstić information content (AvgIpc) is 3.07. The lowest BCUT2D eigenvalue weighted by molar-refractivity contribution is 0.0903. The molecule has 3 N–H and O–H groups in total. The topological polar surface area (TPSA) is 134 Å². The van der Waals surface area contributed by atoms with E-state index >= 15 is 0 Å². The molecular formula is C23H31N5O5S. The van der Waals surface area contributed by atoms with Gasteiger partial charge in [0.05, 0.1) is 35.3 Å². The van der Waals surface area contributed by atoms with Crippen LogP contribution in [0.3, 0.4) is 0 Å². The van der Waals surface area contributed by atoms with Gasteiger partial charge in [-0.05, 0) is 44.4 Å². The van der Waals surface area contributed by atoms with Gasteiger partial charge in [-0.25, -0.2) is 23.2 Å². The quantitative estimate of drug-likeness (QED) is 0.561. The van der Waals surface area contributed by atoms with Gasteiger partial charge in [-0.2, -0.15) is 0 Å². The van der Waals surface area contributed by atoms with Crippen LogP contribution in [-0.2, 0) is 26.7 Å². The van der Waals surface area contributed by atoms with Crippen LogP contribution < -0.4 is 10.6 Å². The van der Waals surface area contributed by atoms with Crippen molar-refractivity contribution in [2.75, 3.05) is 31.4 Å². The van der Waals surface area contributed by atoms with Crippen molar-refractivity contribution < 1.29 is 23.1 Å². The second kappa shape index (κ2) is 9.47. The van der Waals surface area contributed by atoms with Crippen LogP contribution in [0.15, 0.2) is 35.4 Å². The molecule has 1 aromatic heterocycles. The van der Waals surface area contributed by atoms with E-state index in [1.165, 1.54) is 12.1 Å². The Hall–Kier alpha value is -2.76. The first-order chi connectivity index (χ1) is 16.1. The maximum atomic E-state index is 13.3. The Bertz CT molecular complexity index is 1160. The number of ether oxygens (including phenoxy) is 1. The SMILES string of the molecule is CC1(C)c2cnc(NC3CCOCC3)nc2CN1C(=O)NC(CO)c1cccc(S(C)(=O)=O)c1. The maximum absolute atomic E-state index is 13.3. The predicted molar refractivity (Wildman–Crippen MR) is 126 cm³/mol. The molecule has 0 saturated carbocycles. The first kappa shape index (κ1) is 24.4. The molecule has 3 heterocycles. The van der Waals surface area contributed by atoms with E-state index in [4.69, 9.17) is 4.74 Å². The molecule has 1 atom stereocenters. The zero-order valence-corrected chi connectivity index (χ0v) is 20.4. The summed E-state index contributed by atoms with van der Waals surface area (Å²) in [6.07, 6.45) is 4.66. The fourth-order valence-corrected chi connectivity index (χ4v) is 5.06. The van der Waals surface area contributed by atoms with E-state index < -0.39 is 21.4 Å². The van der Waals surface area contributed by atoms with Crippen LogP contribution in [0.5, 0.6) is 0 Å². The molecule has 0 radical (unpaired) electrons. The third kappa shape index (κ3) is 5.01. The number of aliphatic hydroxyl groups excluding tert-OH is 1. The van der Waals surface area contributed by atoms with E-state index in [0.717, 1.165) is 30.4 Å². The lowest BCUT2D eigenvalue weighted by Gasteiger charge is -2.33. The number of anilines is 1. The molecule has 2 aromatic rings. The minimum absolute atomic E-state index is 0.131. The molecular weight excluding hydrogens is 458 g/mol. The molecule has 2 aliphatic heterocycles. The van der Waals surface area contributed by atoms with Gasteiger partial charge in [0.25, 0.3) is 0 Å². The van der Waals surface area contributed by atoms with E-state index in [1.807, 2.05) is 13.8 Å². The molecule has 11 heteroatoms. The van der Waals surface area contributed by atoms with Gasteiger partial charge < -0.3 is 25.4 Å². The van der Waals surface area contributed by atoms with E-state index in [1.54, 1.807) is 23.2 Å². The molecule has 4 rings (SSSR count). The summed E-state index contributed by atoms with van der Waals surface area (Å²) < 4.78 is 29.2. The summed E-state index contributed by atoms with van der Waals surface area (Å²) in [5.41, 5.74) is 1.48. The van der Waals surface area contributed by atoms with Crippen LogP contribution in [-0.4, -0.2) is 66.5 Å². The lowest BCUT2D eigenvalue weighted by Crippen LogP contribution is -2.47. The molecule has 1 unspecified atom stereocenters. The minimum atomic E-state index is -3.41. The second-order valence-electron chi connectivity index (χ2n) is 9.26. The molecule has 34 heavy (non-hydrogen) atoms. The van der Waals surface area contributed by atoms with E-state index in [-0.39, 0.29) is 23.6 Å². The Morgan fingerprint density at radius 1 is 1.32 bits per heavy atom. The number of nitrogens with zero attached hydrogens (tertiary/aromatic N) is 3. The van der Waals surface area contributed by atoms with Crippen molar-refractivity contribution in [1.82, 2.24) is 20.2 Å². The van der Waals surface area contributed by atoms with Crippen LogP contribution in [0, 0.1) is 0 Å². The van der Waals surface area contributed by atoms with Gasteiger partial charge in [-0.1, -0.05) is 12.1 Å². The number of hydrogen-bond donors (Lipinski definition) is 3. The van der Waals surface area contributed by atoms with Crippen LogP contribution in [0.25, 0.3) is 0 Å². The highest BCUT2D eigenvalue weighted by Gasteiger charge is 2.42. The number of urea groups is 1. The smallest absolute Gasteiger partial charge is 0.319 e. The zero-order valence-electron chi connectivity index (χ0n) is 19.6. The summed E-state index contributed by atoms with van der Waals surface area (Å²) in [5, 5.41) is 16.1. The third-order valence-corrected chi connectivity index (χ3v) is 7.59. The Morgan fingerprint density at radius 3 is 2.74 bits per heavy atom. The summed E-state index contributed by atoms with van der Waals surface area (Å²) in [6.45, 7) is 5.18. The van der Waals surface area contributed by atoms with Crippen LogP contribution >= 0.6 is 0 Å². The zero-order chi connectivity index (χ0) is 24.5. The number of fused-ring (bicyclic) bond motifs is 1. The number of rotatable bonds is 6. The highest BCUT2D eigenvalue weighted by molar-refractivity contribution is 7.90. The maximum Gasteiger partial charge on any atom is 0.319 e. The molecule has 10 nitrogen and oxygen atoms in total. The van der Waals surface area contributed by atoms with Crippen molar-refractivity contribution in [3.8, 4) is 0 Å². The molecule has 2 amide bonds. The number of amides is 2. The van der Waals surface area contributed by atoms with Crippen molar-refractivity contribution in [3.05, 3.63) is 47.3 Å². The number of aliphatic hydroxyl groups is 1. The molecule has 0 bridgehead atoms. The van der Waals surface area contributed by atoms with E-state index in [2.05, 4.69) is 20.6 Å². The minimum Gasteiger partial charge on any atom is -0.394 e. The molecule has 1 aromatic carbocycles. The average molecular weight is 490 g/mol. The Labute approximate surface area is 199 Å². The first-order valence-electron chi connectivity index (χ1n) is 11.3. The van der Waals surface area contributed by atoms with Crippen molar-refractivity contribution in [2.24, 2.45) is 0 Å².